The number of nitrogens with zero attached hydrogens (tertiary/aromatic N) is 3. The molecule has 1 N–H and O–H groups in total. The lowest BCUT2D eigenvalue weighted by molar-refractivity contribution is -0.113. The standard InChI is InChI=1S/C24H20ClFN4O3S2/c1-30(2)35(32,33)17-11-12-20(25)21(13-17)27-22(31)14-34-24-19-6-4-3-5-18(19)23(28-29-24)15-7-9-16(26)10-8-15/h3-13H,14H2,1-2H3,(H,27,31). The van der Waals surface area contributed by atoms with Gasteiger partial charge in [0.15, 0.2) is 0 Å². The first-order chi connectivity index (χ1) is 16.7. The fourth-order valence-corrected chi connectivity index (χ4v) is 5.16. The summed E-state index contributed by atoms with van der Waals surface area (Å²) in [6.07, 6.45) is 0. The van der Waals surface area contributed by atoms with Crippen LogP contribution in [0.15, 0.2) is 76.7 Å². The molecule has 1 amide bonds. The van der Waals surface area contributed by atoms with Gasteiger partial charge >= 0.3 is 0 Å². The zero-order valence-electron chi connectivity index (χ0n) is 18.7. The highest BCUT2D eigenvalue weighted by Crippen LogP contribution is 2.32. The summed E-state index contributed by atoms with van der Waals surface area (Å²) >= 11 is 7.36. The smallest absolute Gasteiger partial charge is 0.242 e. The van der Waals surface area contributed by atoms with Crippen molar-refractivity contribution in [1.82, 2.24) is 14.5 Å². The Morgan fingerprint density at radius 2 is 1.71 bits per heavy atom. The minimum Gasteiger partial charge on any atom is -0.324 e. The predicted molar refractivity (Wildman–Crippen MR) is 137 cm³/mol. The number of aromatic nitrogens is 2. The largest absolute Gasteiger partial charge is 0.324 e. The molecule has 4 rings (SSSR count). The molecule has 7 nitrogen and oxygen atoms in total. The van der Waals surface area contributed by atoms with E-state index >= 15 is 0 Å². The molecule has 0 aliphatic heterocycles. The van der Waals surface area contributed by atoms with Crippen molar-refractivity contribution in [3.05, 3.63) is 77.6 Å². The van der Waals surface area contributed by atoms with Crippen molar-refractivity contribution < 1.29 is 17.6 Å². The number of anilines is 1. The van der Waals surface area contributed by atoms with Gasteiger partial charge in [-0.1, -0.05) is 47.6 Å². The molecular weight excluding hydrogens is 511 g/mol. The Labute approximate surface area is 211 Å². The number of rotatable bonds is 7. The third-order valence-electron chi connectivity index (χ3n) is 5.10. The Hall–Kier alpha value is -3.05. The number of halogens is 2. The molecule has 3 aromatic carbocycles. The molecule has 1 heterocycles. The van der Waals surface area contributed by atoms with Crippen LogP contribution in [0.4, 0.5) is 10.1 Å². The number of benzene rings is 3. The molecule has 0 bridgehead atoms. The van der Waals surface area contributed by atoms with Gasteiger partial charge in [-0.2, -0.15) is 0 Å². The molecule has 4 aromatic rings. The molecule has 0 radical (unpaired) electrons. The molecule has 180 valence electrons. The van der Waals surface area contributed by atoms with Gasteiger partial charge in [0.2, 0.25) is 15.9 Å². The van der Waals surface area contributed by atoms with E-state index in [9.17, 15) is 17.6 Å². The van der Waals surface area contributed by atoms with E-state index in [1.165, 1.54) is 56.2 Å². The SMILES string of the molecule is CN(C)S(=O)(=O)c1ccc(Cl)c(NC(=O)CSc2nnc(-c3ccc(F)cc3)c3ccccc23)c1. The van der Waals surface area contributed by atoms with E-state index < -0.39 is 10.0 Å². The van der Waals surface area contributed by atoms with E-state index in [2.05, 4.69) is 15.5 Å². The third-order valence-corrected chi connectivity index (χ3v) is 8.22. The fraction of sp³-hybridized carbons (Fsp3) is 0.125. The maximum atomic E-state index is 13.3. The van der Waals surface area contributed by atoms with Crippen LogP contribution < -0.4 is 5.32 Å². The summed E-state index contributed by atoms with van der Waals surface area (Å²) in [6.45, 7) is 0. The number of hydrogen-bond donors (Lipinski definition) is 1. The quantitative estimate of drug-likeness (QED) is 0.335. The van der Waals surface area contributed by atoms with Gasteiger partial charge in [0.1, 0.15) is 16.5 Å². The van der Waals surface area contributed by atoms with Gasteiger partial charge in [-0.25, -0.2) is 17.1 Å². The number of nitrogens with one attached hydrogen (secondary N) is 1. The summed E-state index contributed by atoms with van der Waals surface area (Å²) in [7, 11) is -0.838. The summed E-state index contributed by atoms with van der Waals surface area (Å²) in [5.41, 5.74) is 1.54. The lowest BCUT2D eigenvalue weighted by Crippen LogP contribution is -2.22. The lowest BCUT2D eigenvalue weighted by Gasteiger charge is -2.14. The van der Waals surface area contributed by atoms with Gasteiger partial charge in [0.25, 0.3) is 0 Å². The van der Waals surface area contributed by atoms with Crippen molar-refractivity contribution in [2.75, 3.05) is 25.2 Å². The average molecular weight is 531 g/mol. The first kappa shape index (κ1) is 25.1. The number of amides is 1. The van der Waals surface area contributed by atoms with Crippen LogP contribution in [0.2, 0.25) is 5.02 Å². The third kappa shape index (κ3) is 5.46. The lowest BCUT2D eigenvalue weighted by atomic mass is 10.1. The number of thioether (sulfide) groups is 1. The normalized spacial score (nSPS) is 11.7. The molecule has 11 heteroatoms. The molecule has 35 heavy (non-hydrogen) atoms. The summed E-state index contributed by atoms with van der Waals surface area (Å²) in [4.78, 5) is 12.7. The maximum Gasteiger partial charge on any atom is 0.242 e. The number of fused-ring (bicyclic) bond motifs is 1. The van der Waals surface area contributed by atoms with Gasteiger partial charge in [-0.05, 0) is 42.5 Å². The van der Waals surface area contributed by atoms with Crippen LogP contribution in [0.5, 0.6) is 0 Å². The second kappa shape index (κ2) is 10.3. The zero-order valence-corrected chi connectivity index (χ0v) is 21.1. The first-order valence-corrected chi connectivity index (χ1v) is 13.1. The van der Waals surface area contributed by atoms with Gasteiger partial charge in [-0.15, -0.1) is 10.2 Å². The summed E-state index contributed by atoms with van der Waals surface area (Å²) in [5, 5.41) is 13.7. The highest BCUT2D eigenvalue weighted by molar-refractivity contribution is 8.00. The van der Waals surface area contributed by atoms with Crippen LogP contribution in [-0.4, -0.2) is 48.7 Å². The number of carbonyl (C=O) groups excluding carboxylic acids is 1. The van der Waals surface area contributed by atoms with E-state index in [0.717, 1.165) is 20.6 Å². The molecule has 0 spiro atoms. The molecule has 0 unspecified atom stereocenters. The van der Waals surface area contributed by atoms with Gasteiger partial charge < -0.3 is 5.32 Å². The molecule has 1 aromatic heterocycles. The van der Waals surface area contributed by atoms with Crippen molar-refractivity contribution in [2.45, 2.75) is 9.92 Å². The second-order valence-corrected chi connectivity index (χ2v) is 11.2. The highest BCUT2D eigenvalue weighted by Gasteiger charge is 2.19. The van der Waals surface area contributed by atoms with E-state index in [-0.39, 0.29) is 33.1 Å². The maximum absolute atomic E-state index is 13.3. The van der Waals surface area contributed by atoms with Crippen LogP contribution in [0.3, 0.4) is 0 Å². The Morgan fingerprint density at radius 3 is 2.40 bits per heavy atom. The van der Waals surface area contributed by atoms with Crippen molar-refractivity contribution in [2.24, 2.45) is 0 Å². The summed E-state index contributed by atoms with van der Waals surface area (Å²) in [6, 6.07) is 17.6. The minimum absolute atomic E-state index is 0.00441. The van der Waals surface area contributed by atoms with E-state index in [0.29, 0.717) is 10.7 Å². The minimum atomic E-state index is -3.68. The summed E-state index contributed by atoms with van der Waals surface area (Å²) < 4.78 is 39.2. The van der Waals surface area contributed by atoms with E-state index in [4.69, 9.17) is 11.6 Å². The van der Waals surface area contributed by atoms with Crippen molar-refractivity contribution >= 4 is 55.8 Å². The van der Waals surface area contributed by atoms with Crippen LogP contribution in [0.1, 0.15) is 0 Å². The monoisotopic (exact) mass is 530 g/mol. The van der Waals surface area contributed by atoms with Gasteiger partial charge in [-0.3, -0.25) is 4.79 Å². The Balaban J connectivity index is 1.54. The Morgan fingerprint density at radius 1 is 1.03 bits per heavy atom. The van der Waals surface area contributed by atoms with Crippen LogP contribution in [-0.2, 0) is 14.8 Å². The molecule has 0 saturated carbocycles. The zero-order chi connectivity index (χ0) is 25.2. The van der Waals surface area contributed by atoms with Crippen LogP contribution in [0.25, 0.3) is 22.0 Å². The van der Waals surface area contributed by atoms with Crippen LogP contribution >= 0.6 is 23.4 Å². The molecule has 0 fully saturated rings. The van der Waals surface area contributed by atoms with Gasteiger partial charge in [0.05, 0.1) is 21.4 Å². The molecule has 0 atom stereocenters. The molecular formula is C24H20ClFN4O3S2. The Bertz CT molecular complexity index is 1510. The summed E-state index contributed by atoms with van der Waals surface area (Å²) in [5.74, 6) is -0.728. The second-order valence-electron chi connectivity index (χ2n) is 7.67. The topological polar surface area (TPSA) is 92.3 Å². The van der Waals surface area contributed by atoms with Crippen molar-refractivity contribution in [1.29, 1.82) is 0 Å². The van der Waals surface area contributed by atoms with Crippen molar-refractivity contribution in [3.8, 4) is 11.3 Å². The molecule has 0 aliphatic carbocycles. The molecule has 0 saturated heterocycles. The van der Waals surface area contributed by atoms with E-state index in [1.807, 2.05) is 24.3 Å². The highest BCUT2D eigenvalue weighted by atomic mass is 35.5. The Kier molecular flexibility index (Phi) is 7.36. The number of hydrogen-bond acceptors (Lipinski definition) is 6. The first-order valence-electron chi connectivity index (χ1n) is 10.3. The average Bonchev–Trinajstić information content (AvgIpc) is 2.84. The molecule has 0 aliphatic rings. The number of carbonyl (C=O) groups is 1. The van der Waals surface area contributed by atoms with Gasteiger partial charge in [0, 0.05) is 30.4 Å². The fourth-order valence-electron chi connectivity index (χ4n) is 3.30. The predicted octanol–water partition coefficient (Wildman–Crippen LogP) is 5.07. The van der Waals surface area contributed by atoms with Crippen LogP contribution in [0, 0.1) is 5.82 Å². The van der Waals surface area contributed by atoms with E-state index in [1.54, 1.807) is 12.1 Å². The number of sulfonamides is 1. The van der Waals surface area contributed by atoms with Crippen molar-refractivity contribution in [3.63, 3.8) is 0 Å².